The van der Waals surface area contributed by atoms with Gasteiger partial charge in [0.25, 0.3) is 5.91 Å². The van der Waals surface area contributed by atoms with Gasteiger partial charge in [-0.1, -0.05) is 60.7 Å². The summed E-state index contributed by atoms with van der Waals surface area (Å²) in [5.41, 5.74) is 2.46. The van der Waals surface area contributed by atoms with Gasteiger partial charge >= 0.3 is 0 Å². The molecular formula is C26H24N4O3. The molecule has 0 radical (unpaired) electrons. The molecule has 1 N–H and O–H groups in total. The van der Waals surface area contributed by atoms with Crippen LogP contribution in [0.1, 0.15) is 33.6 Å². The first-order chi connectivity index (χ1) is 16.0. The van der Waals surface area contributed by atoms with Crippen molar-refractivity contribution in [3.8, 4) is 17.3 Å². The van der Waals surface area contributed by atoms with Crippen molar-refractivity contribution in [3.05, 3.63) is 106 Å². The van der Waals surface area contributed by atoms with Crippen LogP contribution in [0.3, 0.4) is 0 Å². The summed E-state index contributed by atoms with van der Waals surface area (Å²) in [7, 11) is 3.38. The number of carbonyl (C=O) groups excluding carboxylic acids is 1. The summed E-state index contributed by atoms with van der Waals surface area (Å²) in [5.74, 6) is -0.232. The summed E-state index contributed by atoms with van der Waals surface area (Å²) < 4.78 is 3.74. The molecule has 0 fully saturated rings. The van der Waals surface area contributed by atoms with Crippen LogP contribution >= 0.6 is 0 Å². The summed E-state index contributed by atoms with van der Waals surface area (Å²) in [5, 5.41) is 10.8. The molecule has 3 heterocycles. The molecule has 7 heteroatoms. The van der Waals surface area contributed by atoms with Gasteiger partial charge in [-0.25, -0.2) is 4.98 Å². The fraction of sp³-hybridized carbons (Fsp3) is 0.192. The molecule has 1 atom stereocenters. The fourth-order valence-electron chi connectivity index (χ4n) is 4.69. The van der Waals surface area contributed by atoms with Gasteiger partial charge in [0, 0.05) is 38.8 Å². The van der Waals surface area contributed by atoms with Gasteiger partial charge < -0.3 is 19.1 Å². The lowest BCUT2D eigenvalue weighted by Crippen LogP contribution is -2.33. The maximum Gasteiger partial charge on any atom is 0.271 e. The Morgan fingerprint density at radius 1 is 1.03 bits per heavy atom. The van der Waals surface area contributed by atoms with Crippen LogP contribution in [0.5, 0.6) is 5.75 Å². The Morgan fingerprint density at radius 3 is 2.21 bits per heavy atom. The first-order valence-electron chi connectivity index (χ1n) is 10.8. The number of aromatic hydroxyl groups is 1. The summed E-state index contributed by atoms with van der Waals surface area (Å²) in [6.07, 6.45) is 3.23. The van der Waals surface area contributed by atoms with Crippen LogP contribution < -0.4 is 5.43 Å². The highest BCUT2D eigenvalue weighted by Gasteiger charge is 2.36. The molecule has 0 unspecified atom stereocenters. The van der Waals surface area contributed by atoms with Gasteiger partial charge in [-0.2, -0.15) is 0 Å². The third kappa shape index (κ3) is 3.42. The van der Waals surface area contributed by atoms with E-state index in [1.807, 2.05) is 45.5 Å². The second-order valence-electron chi connectivity index (χ2n) is 8.43. The van der Waals surface area contributed by atoms with Crippen LogP contribution in [0.15, 0.2) is 83.9 Å². The summed E-state index contributed by atoms with van der Waals surface area (Å²) >= 11 is 0. The number of aromatic nitrogens is 3. The van der Waals surface area contributed by atoms with Crippen LogP contribution in [0.2, 0.25) is 0 Å². The Bertz CT molecular complexity index is 1330. The SMILES string of the molecule is CN(C)C(=O)c1cnc2n1C[C@H](C(c1ccccc1)c1ccccc1)n1ccc(=O)c(O)c1-2. The fourth-order valence-corrected chi connectivity index (χ4v) is 4.69. The maximum absolute atomic E-state index is 12.9. The van der Waals surface area contributed by atoms with Crippen molar-refractivity contribution < 1.29 is 9.90 Å². The predicted octanol–water partition coefficient (Wildman–Crippen LogP) is 3.51. The molecule has 2 aromatic carbocycles. The van der Waals surface area contributed by atoms with E-state index in [1.54, 1.807) is 20.3 Å². The molecule has 1 amide bonds. The maximum atomic E-state index is 12.9. The zero-order valence-corrected chi connectivity index (χ0v) is 18.4. The predicted molar refractivity (Wildman–Crippen MR) is 125 cm³/mol. The minimum Gasteiger partial charge on any atom is -0.503 e. The molecule has 0 bridgehead atoms. The van der Waals surface area contributed by atoms with E-state index in [4.69, 9.17) is 0 Å². The van der Waals surface area contributed by atoms with Crippen molar-refractivity contribution in [3.63, 3.8) is 0 Å². The van der Waals surface area contributed by atoms with Crippen LogP contribution in [-0.4, -0.2) is 44.1 Å². The topological polar surface area (TPSA) is 80.4 Å². The average molecular weight is 441 g/mol. The minimum absolute atomic E-state index is 0.0917. The van der Waals surface area contributed by atoms with E-state index in [1.165, 1.54) is 17.2 Å². The van der Waals surface area contributed by atoms with Crippen LogP contribution in [0.25, 0.3) is 11.5 Å². The second-order valence-corrected chi connectivity index (χ2v) is 8.43. The quantitative estimate of drug-likeness (QED) is 0.527. The smallest absolute Gasteiger partial charge is 0.271 e. The van der Waals surface area contributed by atoms with Crippen molar-refractivity contribution in [2.45, 2.75) is 18.5 Å². The Balaban J connectivity index is 1.77. The Morgan fingerprint density at radius 2 is 1.64 bits per heavy atom. The van der Waals surface area contributed by atoms with Gasteiger partial charge in [-0.05, 0) is 11.1 Å². The van der Waals surface area contributed by atoms with E-state index in [0.717, 1.165) is 11.1 Å². The first kappa shape index (κ1) is 20.8. The van der Waals surface area contributed by atoms with Crippen molar-refractivity contribution in [1.82, 2.24) is 19.0 Å². The third-order valence-corrected chi connectivity index (χ3v) is 6.22. The highest BCUT2D eigenvalue weighted by Crippen LogP contribution is 2.43. The van der Waals surface area contributed by atoms with Gasteiger partial charge in [0.05, 0.1) is 12.2 Å². The number of hydrogen-bond donors (Lipinski definition) is 1. The number of amides is 1. The highest BCUT2D eigenvalue weighted by molar-refractivity contribution is 5.93. The number of pyridine rings is 1. The molecule has 166 valence electrons. The molecule has 0 aliphatic carbocycles. The molecule has 33 heavy (non-hydrogen) atoms. The van der Waals surface area contributed by atoms with Gasteiger partial charge in [-0.3, -0.25) is 9.59 Å². The van der Waals surface area contributed by atoms with Crippen molar-refractivity contribution in [2.75, 3.05) is 14.1 Å². The van der Waals surface area contributed by atoms with E-state index >= 15 is 0 Å². The lowest BCUT2D eigenvalue weighted by molar-refractivity contribution is 0.0815. The van der Waals surface area contributed by atoms with E-state index in [9.17, 15) is 14.7 Å². The second kappa shape index (κ2) is 8.09. The Hall–Kier alpha value is -4.13. The normalized spacial score (nSPS) is 14.6. The molecule has 2 aromatic heterocycles. The third-order valence-electron chi connectivity index (χ3n) is 6.22. The largest absolute Gasteiger partial charge is 0.503 e. The average Bonchev–Trinajstić information content (AvgIpc) is 3.26. The molecule has 0 saturated carbocycles. The van der Waals surface area contributed by atoms with Gasteiger partial charge in [-0.15, -0.1) is 0 Å². The van der Waals surface area contributed by atoms with Crippen LogP contribution in [0, 0.1) is 0 Å². The van der Waals surface area contributed by atoms with Gasteiger partial charge in [0.15, 0.2) is 11.6 Å². The van der Waals surface area contributed by atoms with Crippen LogP contribution in [0.4, 0.5) is 0 Å². The van der Waals surface area contributed by atoms with Gasteiger partial charge in [0.2, 0.25) is 5.43 Å². The molecule has 1 aliphatic rings. The highest BCUT2D eigenvalue weighted by atomic mass is 16.3. The zero-order chi connectivity index (χ0) is 23.1. The molecule has 7 nitrogen and oxygen atoms in total. The number of benzene rings is 2. The van der Waals surface area contributed by atoms with E-state index in [2.05, 4.69) is 29.2 Å². The number of fused-ring (bicyclic) bond motifs is 3. The molecule has 0 spiro atoms. The monoisotopic (exact) mass is 440 g/mol. The van der Waals surface area contributed by atoms with Crippen molar-refractivity contribution in [1.29, 1.82) is 0 Å². The van der Waals surface area contributed by atoms with Crippen molar-refractivity contribution in [2.24, 2.45) is 0 Å². The summed E-state index contributed by atoms with van der Waals surface area (Å²) in [4.78, 5) is 31.2. The Labute approximate surface area is 191 Å². The van der Waals surface area contributed by atoms with E-state index < -0.39 is 5.43 Å². The lowest BCUT2D eigenvalue weighted by atomic mass is 9.83. The van der Waals surface area contributed by atoms with E-state index in [-0.39, 0.29) is 23.6 Å². The molecule has 1 aliphatic heterocycles. The zero-order valence-electron chi connectivity index (χ0n) is 18.4. The van der Waals surface area contributed by atoms with E-state index in [0.29, 0.717) is 23.8 Å². The number of nitrogens with zero attached hydrogens (tertiary/aromatic N) is 4. The summed E-state index contributed by atoms with van der Waals surface area (Å²) in [6.45, 7) is 0.452. The number of hydrogen-bond acceptors (Lipinski definition) is 4. The number of imidazole rings is 1. The molecule has 5 rings (SSSR count). The van der Waals surface area contributed by atoms with Gasteiger partial charge in [0.1, 0.15) is 11.4 Å². The molecule has 4 aromatic rings. The number of carbonyl (C=O) groups is 1. The molecular weight excluding hydrogens is 416 g/mol. The number of rotatable bonds is 4. The standard InChI is InChI=1S/C26H24N4O3/c1-28(2)26(33)19-15-27-25-23-24(32)21(31)13-14-29(23)20(16-30(19)25)22(17-9-5-3-6-10-17)18-11-7-4-8-12-18/h3-15,20,22,32H,16H2,1-2H3/t20-/m1/s1. The Kier molecular flexibility index (Phi) is 5.09. The van der Waals surface area contributed by atoms with Crippen LogP contribution in [-0.2, 0) is 6.54 Å². The summed E-state index contributed by atoms with van der Waals surface area (Å²) in [6, 6.07) is 21.4. The molecule has 0 saturated heterocycles. The first-order valence-corrected chi connectivity index (χ1v) is 10.8. The lowest BCUT2D eigenvalue weighted by Gasteiger charge is -2.36. The minimum atomic E-state index is -0.479. The van der Waals surface area contributed by atoms with Crippen molar-refractivity contribution >= 4 is 5.91 Å².